The molecule has 82 valence electrons. The van der Waals surface area contributed by atoms with Crippen molar-refractivity contribution in [2.75, 3.05) is 20.3 Å². The lowest BCUT2D eigenvalue weighted by molar-refractivity contribution is 0.101. The number of methoxy groups -OCH3 is 1. The van der Waals surface area contributed by atoms with E-state index in [0.717, 1.165) is 0 Å². The molecule has 1 aromatic rings. The molecule has 0 aromatic heterocycles. The predicted octanol–water partition coefficient (Wildman–Crippen LogP) is 1.24. The Kier molecular flexibility index (Phi) is 4.12. The molecule has 0 amide bonds. The van der Waals surface area contributed by atoms with Gasteiger partial charge >= 0.3 is 0 Å². The first kappa shape index (κ1) is 11.5. The summed E-state index contributed by atoms with van der Waals surface area (Å²) in [5, 5.41) is 0. The van der Waals surface area contributed by atoms with Crippen LogP contribution in [0.5, 0.6) is 11.5 Å². The van der Waals surface area contributed by atoms with Gasteiger partial charge in [0.1, 0.15) is 6.61 Å². The van der Waals surface area contributed by atoms with Crippen molar-refractivity contribution in [1.82, 2.24) is 0 Å². The number of benzene rings is 1. The van der Waals surface area contributed by atoms with E-state index in [2.05, 4.69) is 0 Å². The van der Waals surface area contributed by atoms with Crippen LogP contribution >= 0.6 is 0 Å². The van der Waals surface area contributed by atoms with Gasteiger partial charge in [-0.1, -0.05) is 0 Å². The Labute approximate surface area is 89.0 Å². The van der Waals surface area contributed by atoms with E-state index in [4.69, 9.17) is 15.2 Å². The minimum atomic E-state index is -0.00123. The topological polar surface area (TPSA) is 61.5 Å². The minimum absolute atomic E-state index is 0.00123. The van der Waals surface area contributed by atoms with Gasteiger partial charge in [0.05, 0.1) is 7.11 Å². The fourth-order valence-corrected chi connectivity index (χ4v) is 1.17. The number of carbonyl (C=O) groups is 1. The highest BCUT2D eigenvalue weighted by Gasteiger charge is 2.07. The number of ketones is 1. The van der Waals surface area contributed by atoms with Gasteiger partial charge in [-0.05, 0) is 25.1 Å². The van der Waals surface area contributed by atoms with Crippen LogP contribution in [-0.2, 0) is 0 Å². The summed E-state index contributed by atoms with van der Waals surface area (Å²) >= 11 is 0. The highest BCUT2D eigenvalue weighted by Crippen LogP contribution is 2.27. The lowest BCUT2D eigenvalue weighted by atomic mass is 10.1. The summed E-state index contributed by atoms with van der Waals surface area (Å²) in [6, 6.07) is 5.08. The Balaban J connectivity index is 2.93. The number of rotatable bonds is 5. The molecule has 0 aliphatic heterocycles. The van der Waals surface area contributed by atoms with Crippen LogP contribution in [0.3, 0.4) is 0 Å². The molecule has 0 saturated heterocycles. The molecular weight excluding hydrogens is 194 g/mol. The third-order valence-corrected chi connectivity index (χ3v) is 1.95. The Bertz CT molecular complexity index is 350. The van der Waals surface area contributed by atoms with Crippen molar-refractivity contribution in [3.8, 4) is 11.5 Å². The summed E-state index contributed by atoms with van der Waals surface area (Å²) < 4.78 is 10.5. The molecule has 0 heterocycles. The highest BCUT2D eigenvalue weighted by molar-refractivity contribution is 5.94. The molecule has 0 bridgehead atoms. The summed E-state index contributed by atoms with van der Waals surface area (Å²) in [7, 11) is 1.54. The quantitative estimate of drug-likeness (QED) is 0.741. The average molecular weight is 209 g/mol. The maximum Gasteiger partial charge on any atom is 0.161 e. The molecule has 0 aliphatic carbocycles. The maximum atomic E-state index is 11.1. The minimum Gasteiger partial charge on any atom is -0.493 e. The van der Waals surface area contributed by atoms with E-state index < -0.39 is 0 Å². The first-order chi connectivity index (χ1) is 7.19. The largest absolute Gasteiger partial charge is 0.493 e. The van der Waals surface area contributed by atoms with Gasteiger partial charge in [-0.2, -0.15) is 0 Å². The van der Waals surface area contributed by atoms with E-state index in [1.165, 1.54) is 14.0 Å². The summed E-state index contributed by atoms with van der Waals surface area (Å²) in [5.41, 5.74) is 5.93. The van der Waals surface area contributed by atoms with E-state index in [1.54, 1.807) is 18.2 Å². The molecule has 1 aromatic carbocycles. The zero-order chi connectivity index (χ0) is 11.3. The van der Waals surface area contributed by atoms with Crippen LogP contribution in [0.4, 0.5) is 0 Å². The molecule has 1 rings (SSSR count). The van der Waals surface area contributed by atoms with Crippen molar-refractivity contribution in [3.63, 3.8) is 0 Å². The molecule has 0 spiro atoms. The van der Waals surface area contributed by atoms with Crippen molar-refractivity contribution >= 4 is 5.78 Å². The van der Waals surface area contributed by atoms with Crippen LogP contribution < -0.4 is 15.2 Å². The molecule has 0 atom stereocenters. The van der Waals surface area contributed by atoms with E-state index in [9.17, 15) is 4.79 Å². The van der Waals surface area contributed by atoms with Crippen LogP contribution in [-0.4, -0.2) is 26.0 Å². The van der Waals surface area contributed by atoms with Crippen molar-refractivity contribution in [3.05, 3.63) is 23.8 Å². The second kappa shape index (κ2) is 5.36. The Morgan fingerprint density at radius 2 is 2.13 bits per heavy atom. The molecule has 0 saturated carbocycles. The number of hydrogen-bond acceptors (Lipinski definition) is 4. The van der Waals surface area contributed by atoms with E-state index in [1.807, 2.05) is 0 Å². The van der Waals surface area contributed by atoms with Crippen LogP contribution in [0.2, 0.25) is 0 Å². The first-order valence-electron chi connectivity index (χ1n) is 4.71. The molecule has 4 nitrogen and oxygen atoms in total. The molecule has 15 heavy (non-hydrogen) atoms. The monoisotopic (exact) mass is 209 g/mol. The molecule has 4 heteroatoms. The van der Waals surface area contributed by atoms with Gasteiger partial charge in [0, 0.05) is 12.1 Å². The van der Waals surface area contributed by atoms with E-state index in [0.29, 0.717) is 30.2 Å². The Hall–Kier alpha value is -1.55. The lowest BCUT2D eigenvalue weighted by Gasteiger charge is -2.10. The van der Waals surface area contributed by atoms with Crippen molar-refractivity contribution in [1.29, 1.82) is 0 Å². The van der Waals surface area contributed by atoms with Crippen LogP contribution in [0.1, 0.15) is 17.3 Å². The number of hydrogen-bond donors (Lipinski definition) is 1. The smallest absolute Gasteiger partial charge is 0.161 e. The first-order valence-corrected chi connectivity index (χ1v) is 4.71. The third kappa shape index (κ3) is 2.95. The average Bonchev–Trinajstić information content (AvgIpc) is 2.25. The fraction of sp³-hybridized carbons (Fsp3) is 0.364. The normalized spacial score (nSPS) is 9.80. The van der Waals surface area contributed by atoms with Crippen molar-refractivity contribution < 1.29 is 14.3 Å². The van der Waals surface area contributed by atoms with Crippen molar-refractivity contribution in [2.45, 2.75) is 6.92 Å². The zero-order valence-electron chi connectivity index (χ0n) is 8.95. The summed E-state index contributed by atoms with van der Waals surface area (Å²) in [6.07, 6.45) is 0. The van der Waals surface area contributed by atoms with Crippen LogP contribution in [0.15, 0.2) is 18.2 Å². The maximum absolute atomic E-state index is 11.1. The second-order valence-corrected chi connectivity index (χ2v) is 3.06. The van der Waals surface area contributed by atoms with Gasteiger partial charge in [-0.15, -0.1) is 0 Å². The van der Waals surface area contributed by atoms with Gasteiger partial charge in [-0.25, -0.2) is 0 Å². The fourth-order valence-electron chi connectivity index (χ4n) is 1.17. The van der Waals surface area contributed by atoms with Gasteiger partial charge in [-0.3, -0.25) is 4.79 Å². The third-order valence-electron chi connectivity index (χ3n) is 1.95. The molecule has 2 N–H and O–H groups in total. The Morgan fingerprint density at radius 1 is 1.40 bits per heavy atom. The zero-order valence-corrected chi connectivity index (χ0v) is 8.95. The number of nitrogens with two attached hydrogens (primary N) is 1. The van der Waals surface area contributed by atoms with Gasteiger partial charge in [0.2, 0.25) is 0 Å². The highest BCUT2D eigenvalue weighted by atomic mass is 16.5. The number of Topliss-reactive ketones (excluding diaryl/α,β-unsaturated/α-hetero) is 1. The second-order valence-electron chi connectivity index (χ2n) is 3.06. The van der Waals surface area contributed by atoms with Crippen LogP contribution in [0, 0.1) is 0 Å². The van der Waals surface area contributed by atoms with E-state index in [-0.39, 0.29) is 5.78 Å². The number of carbonyl (C=O) groups excluding carboxylic acids is 1. The summed E-state index contributed by atoms with van der Waals surface area (Å²) in [6.45, 7) is 2.38. The van der Waals surface area contributed by atoms with Gasteiger partial charge in [0.15, 0.2) is 17.3 Å². The van der Waals surface area contributed by atoms with Crippen LogP contribution in [0.25, 0.3) is 0 Å². The lowest BCUT2D eigenvalue weighted by Crippen LogP contribution is -2.11. The van der Waals surface area contributed by atoms with Gasteiger partial charge in [0.25, 0.3) is 0 Å². The molecular formula is C11H15NO3. The van der Waals surface area contributed by atoms with Gasteiger partial charge < -0.3 is 15.2 Å². The Morgan fingerprint density at radius 3 is 2.67 bits per heavy atom. The SMILES string of the molecule is COc1cc(C(C)=O)ccc1OCCN. The summed E-state index contributed by atoms with van der Waals surface area (Å²) in [5.74, 6) is 1.16. The standard InChI is InChI=1S/C11H15NO3/c1-8(13)9-3-4-10(15-6-5-12)11(7-9)14-2/h3-4,7H,5-6,12H2,1-2H3. The molecule has 0 aliphatic rings. The molecule has 0 unspecified atom stereocenters. The van der Waals surface area contributed by atoms with E-state index >= 15 is 0 Å². The summed E-state index contributed by atoms with van der Waals surface area (Å²) in [4.78, 5) is 11.1. The predicted molar refractivity (Wildman–Crippen MR) is 57.5 cm³/mol. The number of ether oxygens (including phenoxy) is 2. The molecule has 0 fully saturated rings. The van der Waals surface area contributed by atoms with Crippen molar-refractivity contribution in [2.24, 2.45) is 5.73 Å². The molecule has 0 radical (unpaired) electrons.